The number of carbonyl (C=O) groups is 1. The molecule has 6 heteroatoms. The second-order valence-corrected chi connectivity index (χ2v) is 6.20. The molecule has 1 aromatic carbocycles. The molecule has 0 atom stereocenters. The van der Waals surface area contributed by atoms with Crippen molar-refractivity contribution in [1.82, 2.24) is 4.90 Å². The summed E-state index contributed by atoms with van der Waals surface area (Å²) in [5.41, 5.74) is 0.817. The van der Waals surface area contributed by atoms with Gasteiger partial charge >= 0.3 is 0 Å². The molecular weight excluding hydrogens is 370 g/mol. The van der Waals surface area contributed by atoms with E-state index in [-0.39, 0.29) is 5.91 Å². The van der Waals surface area contributed by atoms with Crippen molar-refractivity contribution in [2.45, 2.75) is 13.1 Å². The first-order valence-electron chi connectivity index (χ1n) is 9.13. The molecular formula is C23H23NO5. The Morgan fingerprint density at radius 2 is 1.76 bits per heavy atom. The van der Waals surface area contributed by atoms with E-state index >= 15 is 0 Å². The minimum Gasteiger partial charge on any atom is -0.493 e. The molecule has 0 radical (unpaired) electrons. The Morgan fingerprint density at radius 3 is 2.31 bits per heavy atom. The van der Waals surface area contributed by atoms with Crippen molar-refractivity contribution in [2.24, 2.45) is 0 Å². The monoisotopic (exact) mass is 393 g/mol. The van der Waals surface area contributed by atoms with Gasteiger partial charge in [-0.3, -0.25) is 4.79 Å². The lowest BCUT2D eigenvalue weighted by atomic mass is 10.2. The number of hydrogen-bond donors (Lipinski definition) is 0. The van der Waals surface area contributed by atoms with Gasteiger partial charge in [0.2, 0.25) is 5.91 Å². The zero-order valence-electron chi connectivity index (χ0n) is 16.2. The van der Waals surface area contributed by atoms with Gasteiger partial charge in [-0.05, 0) is 48.0 Å². The Labute approximate surface area is 169 Å². The van der Waals surface area contributed by atoms with Crippen LogP contribution in [0.4, 0.5) is 0 Å². The van der Waals surface area contributed by atoms with Gasteiger partial charge in [0.15, 0.2) is 11.5 Å². The molecule has 3 aromatic rings. The molecule has 0 bridgehead atoms. The summed E-state index contributed by atoms with van der Waals surface area (Å²) in [4.78, 5) is 14.5. The number of furan rings is 2. The highest BCUT2D eigenvalue weighted by Crippen LogP contribution is 2.28. The minimum atomic E-state index is -0.163. The summed E-state index contributed by atoms with van der Waals surface area (Å²) in [5, 5.41) is 0. The Hall–Kier alpha value is -3.67. The van der Waals surface area contributed by atoms with Crippen molar-refractivity contribution in [3.63, 3.8) is 0 Å². The van der Waals surface area contributed by atoms with Crippen LogP contribution < -0.4 is 9.47 Å². The molecule has 150 valence electrons. The third-order valence-corrected chi connectivity index (χ3v) is 4.13. The smallest absolute Gasteiger partial charge is 0.247 e. The lowest BCUT2D eigenvalue weighted by Gasteiger charge is -2.18. The van der Waals surface area contributed by atoms with Crippen LogP contribution in [0.15, 0.2) is 82.6 Å². The third kappa shape index (κ3) is 5.65. The summed E-state index contributed by atoms with van der Waals surface area (Å²) >= 11 is 0. The number of rotatable bonds is 10. The van der Waals surface area contributed by atoms with Crippen LogP contribution in [0.3, 0.4) is 0 Å². The van der Waals surface area contributed by atoms with Crippen LogP contribution >= 0.6 is 0 Å². The van der Waals surface area contributed by atoms with Gasteiger partial charge in [-0.2, -0.15) is 0 Å². The standard InChI is InChI=1S/C23H23NO5/c1-3-12-29-21-10-8-18(15-22(21)26-2)9-11-23(25)24(16-19-6-4-13-27-19)17-20-7-5-14-28-20/h3-11,13-15H,1,12,16-17H2,2H3/b11-9+. The van der Waals surface area contributed by atoms with Gasteiger partial charge in [-0.25, -0.2) is 0 Å². The van der Waals surface area contributed by atoms with Crippen LogP contribution in [0.25, 0.3) is 6.08 Å². The fraction of sp³-hybridized carbons (Fsp3) is 0.174. The second kappa shape index (κ2) is 10.0. The van der Waals surface area contributed by atoms with Crippen LogP contribution in [0.5, 0.6) is 11.5 Å². The number of carbonyl (C=O) groups excluding carboxylic acids is 1. The average Bonchev–Trinajstić information content (AvgIpc) is 3.44. The highest BCUT2D eigenvalue weighted by atomic mass is 16.5. The minimum absolute atomic E-state index is 0.163. The number of hydrogen-bond acceptors (Lipinski definition) is 5. The fourth-order valence-corrected chi connectivity index (χ4v) is 2.72. The fourth-order valence-electron chi connectivity index (χ4n) is 2.72. The lowest BCUT2D eigenvalue weighted by molar-refractivity contribution is -0.127. The number of amides is 1. The zero-order valence-corrected chi connectivity index (χ0v) is 16.2. The number of ether oxygens (including phenoxy) is 2. The van der Waals surface area contributed by atoms with Crippen molar-refractivity contribution >= 4 is 12.0 Å². The van der Waals surface area contributed by atoms with Crippen molar-refractivity contribution < 1.29 is 23.1 Å². The van der Waals surface area contributed by atoms with Crippen LogP contribution in [0.2, 0.25) is 0 Å². The van der Waals surface area contributed by atoms with E-state index in [4.69, 9.17) is 18.3 Å². The molecule has 0 fully saturated rings. The zero-order chi connectivity index (χ0) is 20.5. The maximum absolute atomic E-state index is 12.8. The summed E-state index contributed by atoms with van der Waals surface area (Å²) < 4.78 is 21.7. The number of benzene rings is 1. The van der Waals surface area contributed by atoms with Gasteiger partial charge in [0.05, 0.1) is 32.7 Å². The summed E-state index contributed by atoms with van der Waals surface area (Å²) in [5.74, 6) is 2.44. The van der Waals surface area contributed by atoms with Gasteiger partial charge in [-0.15, -0.1) is 0 Å². The van der Waals surface area contributed by atoms with E-state index in [0.717, 1.165) is 5.56 Å². The molecule has 0 saturated carbocycles. The predicted molar refractivity (Wildman–Crippen MR) is 109 cm³/mol. The van der Waals surface area contributed by atoms with Crippen molar-refractivity contribution in [3.8, 4) is 11.5 Å². The molecule has 0 saturated heterocycles. The van der Waals surface area contributed by atoms with Gasteiger partial charge in [-0.1, -0.05) is 18.7 Å². The van der Waals surface area contributed by atoms with E-state index in [1.54, 1.807) is 54.9 Å². The summed E-state index contributed by atoms with van der Waals surface area (Å²) in [6.45, 7) is 4.71. The first kappa shape index (κ1) is 20.1. The molecule has 0 aliphatic rings. The van der Waals surface area contributed by atoms with Crippen molar-refractivity contribution in [2.75, 3.05) is 13.7 Å². The van der Waals surface area contributed by atoms with Gasteiger partial charge in [0.1, 0.15) is 18.1 Å². The van der Waals surface area contributed by atoms with Crippen LogP contribution in [-0.4, -0.2) is 24.5 Å². The molecule has 2 aromatic heterocycles. The molecule has 0 aliphatic heterocycles. The first-order valence-corrected chi connectivity index (χ1v) is 9.13. The largest absolute Gasteiger partial charge is 0.493 e. The van der Waals surface area contributed by atoms with E-state index < -0.39 is 0 Å². The molecule has 1 amide bonds. The molecule has 0 aliphatic carbocycles. The van der Waals surface area contributed by atoms with Crippen LogP contribution in [0.1, 0.15) is 17.1 Å². The highest BCUT2D eigenvalue weighted by molar-refractivity contribution is 5.91. The van der Waals surface area contributed by atoms with Gasteiger partial charge in [0, 0.05) is 6.08 Å². The van der Waals surface area contributed by atoms with Gasteiger partial charge < -0.3 is 23.2 Å². The van der Waals surface area contributed by atoms with E-state index in [2.05, 4.69) is 6.58 Å². The molecule has 3 rings (SSSR count). The highest BCUT2D eigenvalue weighted by Gasteiger charge is 2.15. The lowest BCUT2D eigenvalue weighted by Crippen LogP contribution is -2.28. The molecule has 2 heterocycles. The number of methoxy groups -OCH3 is 1. The molecule has 6 nitrogen and oxygen atoms in total. The van der Waals surface area contributed by atoms with E-state index in [9.17, 15) is 4.79 Å². The molecule has 29 heavy (non-hydrogen) atoms. The first-order chi connectivity index (χ1) is 14.2. The van der Waals surface area contributed by atoms with Gasteiger partial charge in [0.25, 0.3) is 0 Å². The summed E-state index contributed by atoms with van der Waals surface area (Å²) in [6, 6.07) is 12.7. The van der Waals surface area contributed by atoms with Crippen LogP contribution in [0, 0.1) is 0 Å². The quantitative estimate of drug-likeness (QED) is 0.369. The number of nitrogens with zero attached hydrogens (tertiary/aromatic N) is 1. The Bertz CT molecular complexity index is 906. The Balaban J connectivity index is 1.73. The van der Waals surface area contributed by atoms with E-state index in [1.165, 1.54) is 6.08 Å². The van der Waals surface area contributed by atoms with E-state index in [0.29, 0.717) is 42.7 Å². The SMILES string of the molecule is C=CCOc1ccc(/C=C/C(=O)N(Cc2ccco2)Cc2ccco2)cc1OC. The van der Waals surface area contributed by atoms with Crippen LogP contribution in [-0.2, 0) is 17.9 Å². The summed E-state index contributed by atoms with van der Waals surface area (Å²) in [7, 11) is 1.57. The topological polar surface area (TPSA) is 65.0 Å². The van der Waals surface area contributed by atoms with Crippen molar-refractivity contribution in [3.05, 3.63) is 90.8 Å². The average molecular weight is 393 g/mol. The molecule has 0 unspecified atom stereocenters. The maximum Gasteiger partial charge on any atom is 0.247 e. The molecule has 0 spiro atoms. The maximum atomic E-state index is 12.8. The third-order valence-electron chi connectivity index (χ3n) is 4.13. The second-order valence-electron chi connectivity index (χ2n) is 6.20. The summed E-state index contributed by atoms with van der Waals surface area (Å²) in [6.07, 6.45) is 8.09. The molecule has 0 N–H and O–H groups in total. The normalized spacial score (nSPS) is 10.8. The van der Waals surface area contributed by atoms with Crippen molar-refractivity contribution in [1.29, 1.82) is 0 Å². The predicted octanol–water partition coefficient (Wildman–Crippen LogP) is 4.69. The Morgan fingerprint density at radius 1 is 1.07 bits per heavy atom. The van der Waals surface area contributed by atoms with E-state index in [1.807, 2.05) is 24.3 Å². The Kier molecular flexibility index (Phi) is 6.95.